The zero-order valence-corrected chi connectivity index (χ0v) is 18.0. The fourth-order valence-corrected chi connectivity index (χ4v) is 4.68. The van der Waals surface area contributed by atoms with Crippen LogP contribution in [-0.2, 0) is 22.5 Å². The van der Waals surface area contributed by atoms with Gasteiger partial charge in [-0.15, -0.1) is 0 Å². The Morgan fingerprint density at radius 1 is 1.24 bits per heavy atom. The van der Waals surface area contributed by atoms with Gasteiger partial charge in [-0.2, -0.15) is 10.4 Å². The lowest BCUT2D eigenvalue weighted by molar-refractivity contribution is -0.142. The summed E-state index contributed by atoms with van der Waals surface area (Å²) in [5.74, 6) is 0.0575. The molecule has 154 valence electrons. The molecule has 2 aromatic rings. The van der Waals surface area contributed by atoms with Gasteiger partial charge in [-0.25, -0.2) is 4.79 Å². The van der Waals surface area contributed by atoms with Crippen molar-refractivity contribution in [3.05, 3.63) is 40.5 Å². The summed E-state index contributed by atoms with van der Waals surface area (Å²) in [6, 6.07) is 12.4. The number of aryl methyl sites for hydroxylation is 1. The van der Waals surface area contributed by atoms with E-state index in [1.165, 1.54) is 0 Å². The Balaban J connectivity index is 1.67. The predicted molar refractivity (Wildman–Crippen MR) is 113 cm³/mol. The molecule has 3 rings (SSSR count). The lowest BCUT2D eigenvalue weighted by atomic mass is 9.82. The Hall–Kier alpha value is -2.17. The Bertz CT molecular complexity index is 852. The van der Waals surface area contributed by atoms with Gasteiger partial charge in [0.1, 0.15) is 6.61 Å². The molecule has 1 saturated carbocycles. The molecule has 0 saturated heterocycles. The summed E-state index contributed by atoms with van der Waals surface area (Å²) >= 11 is 3.73. The monoisotopic (exact) mass is 459 g/mol. The third kappa shape index (κ3) is 5.91. The van der Waals surface area contributed by atoms with E-state index in [4.69, 9.17) is 20.2 Å². The minimum absolute atomic E-state index is 0.215. The van der Waals surface area contributed by atoms with Gasteiger partial charge in [-0.1, -0.05) is 30.3 Å². The number of aliphatic carboxylic acids is 1. The standard InChI is InChI=1S/C22H26BrN3O3/c23-21-19(7-4-12-24)25-26(22(21)18-5-2-1-3-6-18)13-16-8-10-17(11-9-16)14-29-15-20(27)28/h1-3,5-6,16-17H,4,7-11,13-15H2,(H,27,28). The van der Waals surface area contributed by atoms with E-state index in [0.29, 0.717) is 31.3 Å². The quantitative estimate of drug-likeness (QED) is 0.587. The van der Waals surface area contributed by atoms with E-state index in [-0.39, 0.29) is 6.61 Å². The lowest BCUT2D eigenvalue weighted by Gasteiger charge is -2.28. The highest BCUT2D eigenvalue weighted by atomic mass is 79.9. The number of benzene rings is 1. The molecule has 1 aliphatic carbocycles. The molecule has 1 aromatic carbocycles. The summed E-state index contributed by atoms with van der Waals surface area (Å²) in [4.78, 5) is 10.6. The molecule has 1 N–H and O–H groups in total. The van der Waals surface area contributed by atoms with Crippen molar-refractivity contribution in [2.24, 2.45) is 11.8 Å². The summed E-state index contributed by atoms with van der Waals surface area (Å²) in [5.41, 5.74) is 3.12. The minimum atomic E-state index is -0.913. The molecule has 0 spiro atoms. The van der Waals surface area contributed by atoms with Gasteiger partial charge in [0, 0.05) is 24.9 Å². The second-order valence-electron chi connectivity index (χ2n) is 7.61. The third-order valence-electron chi connectivity index (χ3n) is 5.46. The van der Waals surface area contributed by atoms with Crippen molar-refractivity contribution in [2.45, 2.75) is 45.1 Å². The SMILES string of the molecule is N#CCCc1nn(CC2CCC(COCC(=O)O)CC2)c(-c2ccccc2)c1Br. The number of nitriles is 1. The first-order chi connectivity index (χ1) is 14.1. The predicted octanol–water partition coefficient (Wildman–Crippen LogP) is 4.68. The Morgan fingerprint density at radius 2 is 1.93 bits per heavy atom. The zero-order valence-electron chi connectivity index (χ0n) is 16.4. The molecule has 0 atom stereocenters. The molecule has 7 heteroatoms. The highest BCUT2D eigenvalue weighted by Crippen LogP contribution is 2.35. The molecule has 1 aliphatic rings. The van der Waals surface area contributed by atoms with Crippen LogP contribution >= 0.6 is 15.9 Å². The maximum absolute atomic E-state index is 10.6. The van der Waals surface area contributed by atoms with Crippen LogP contribution < -0.4 is 0 Å². The largest absolute Gasteiger partial charge is 0.480 e. The first-order valence-corrected chi connectivity index (χ1v) is 10.8. The average molecular weight is 460 g/mol. The number of nitrogens with zero attached hydrogens (tertiary/aromatic N) is 3. The average Bonchev–Trinajstić information content (AvgIpc) is 3.03. The molecule has 6 nitrogen and oxygen atoms in total. The normalized spacial score (nSPS) is 19.0. The van der Waals surface area contributed by atoms with Crippen LogP contribution in [0.5, 0.6) is 0 Å². The fraction of sp³-hybridized carbons (Fsp3) is 0.500. The van der Waals surface area contributed by atoms with E-state index in [1.807, 2.05) is 18.2 Å². The van der Waals surface area contributed by atoms with Crippen molar-refractivity contribution >= 4 is 21.9 Å². The molecule has 0 aliphatic heterocycles. The molecule has 0 unspecified atom stereocenters. The van der Waals surface area contributed by atoms with Crippen LogP contribution in [0.1, 0.15) is 37.8 Å². The Kier molecular flexibility index (Phi) is 7.84. The number of halogens is 1. The summed E-state index contributed by atoms with van der Waals surface area (Å²) in [7, 11) is 0. The number of carboxylic acid groups (broad SMARTS) is 1. The van der Waals surface area contributed by atoms with Gasteiger partial charge in [0.05, 0.1) is 28.5 Å². The highest BCUT2D eigenvalue weighted by Gasteiger charge is 2.25. The van der Waals surface area contributed by atoms with Crippen LogP contribution in [0.15, 0.2) is 34.8 Å². The van der Waals surface area contributed by atoms with Crippen LogP contribution in [0, 0.1) is 23.2 Å². The number of carbonyl (C=O) groups is 1. The summed E-state index contributed by atoms with van der Waals surface area (Å²) < 4.78 is 8.35. The number of hydrogen-bond acceptors (Lipinski definition) is 4. The van der Waals surface area contributed by atoms with Gasteiger partial charge in [-0.05, 0) is 53.4 Å². The van der Waals surface area contributed by atoms with E-state index >= 15 is 0 Å². The molecule has 0 amide bonds. The Labute approximate surface area is 179 Å². The summed E-state index contributed by atoms with van der Waals surface area (Å²) in [6.07, 6.45) is 5.35. The molecule has 0 radical (unpaired) electrons. The van der Waals surface area contributed by atoms with Crippen LogP contribution in [0.3, 0.4) is 0 Å². The number of hydrogen-bond donors (Lipinski definition) is 1. The topological polar surface area (TPSA) is 88.1 Å². The lowest BCUT2D eigenvalue weighted by Crippen LogP contribution is -2.23. The maximum Gasteiger partial charge on any atom is 0.329 e. The van der Waals surface area contributed by atoms with E-state index in [0.717, 1.165) is 53.7 Å². The van der Waals surface area contributed by atoms with Crippen molar-refractivity contribution in [1.82, 2.24) is 9.78 Å². The van der Waals surface area contributed by atoms with E-state index in [1.54, 1.807) is 0 Å². The molecule has 1 aromatic heterocycles. The molecule has 1 heterocycles. The highest BCUT2D eigenvalue weighted by molar-refractivity contribution is 9.10. The first kappa shape index (κ1) is 21.5. The third-order valence-corrected chi connectivity index (χ3v) is 6.29. The smallest absolute Gasteiger partial charge is 0.329 e. The number of ether oxygens (including phenoxy) is 1. The summed E-state index contributed by atoms with van der Waals surface area (Å²) in [5, 5.41) is 22.5. The van der Waals surface area contributed by atoms with Crippen molar-refractivity contribution in [3.63, 3.8) is 0 Å². The van der Waals surface area contributed by atoms with Gasteiger partial charge < -0.3 is 9.84 Å². The van der Waals surface area contributed by atoms with Crippen LogP contribution in [0.25, 0.3) is 11.3 Å². The Morgan fingerprint density at radius 3 is 2.59 bits per heavy atom. The first-order valence-electron chi connectivity index (χ1n) is 10.1. The minimum Gasteiger partial charge on any atom is -0.480 e. The van der Waals surface area contributed by atoms with Crippen LogP contribution in [0.2, 0.25) is 0 Å². The molecular weight excluding hydrogens is 434 g/mol. The van der Waals surface area contributed by atoms with Gasteiger partial charge in [0.2, 0.25) is 0 Å². The van der Waals surface area contributed by atoms with E-state index in [2.05, 4.69) is 38.8 Å². The second kappa shape index (κ2) is 10.6. The van der Waals surface area contributed by atoms with E-state index < -0.39 is 5.97 Å². The molecule has 0 bridgehead atoms. The number of aromatic nitrogens is 2. The van der Waals surface area contributed by atoms with Crippen molar-refractivity contribution in [3.8, 4) is 17.3 Å². The zero-order chi connectivity index (χ0) is 20.6. The number of rotatable bonds is 9. The molecule has 1 fully saturated rings. The summed E-state index contributed by atoms with van der Waals surface area (Å²) in [6.45, 7) is 1.16. The molecular formula is C22H26BrN3O3. The van der Waals surface area contributed by atoms with E-state index in [9.17, 15) is 4.79 Å². The van der Waals surface area contributed by atoms with Crippen molar-refractivity contribution in [1.29, 1.82) is 5.26 Å². The van der Waals surface area contributed by atoms with Gasteiger partial charge in [0.15, 0.2) is 0 Å². The maximum atomic E-state index is 10.6. The fourth-order valence-electron chi connectivity index (χ4n) is 3.97. The van der Waals surface area contributed by atoms with Crippen LogP contribution in [0.4, 0.5) is 0 Å². The molecule has 29 heavy (non-hydrogen) atoms. The van der Waals surface area contributed by atoms with Gasteiger partial charge in [-0.3, -0.25) is 4.68 Å². The van der Waals surface area contributed by atoms with Crippen LogP contribution in [-0.4, -0.2) is 34.1 Å². The van der Waals surface area contributed by atoms with Crippen molar-refractivity contribution in [2.75, 3.05) is 13.2 Å². The van der Waals surface area contributed by atoms with Crippen molar-refractivity contribution < 1.29 is 14.6 Å². The van der Waals surface area contributed by atoms with Gasteiger partial charge in [0.25, 0.3) is 0 Å². The second-order valence-corrected chi connectivity index (χ2v) is 8.40. The number of carboxylic acids is 1. The van der Waals surface area contributed by atoms with Gasteiger partial charge >= 0.3 is 5.97 Å².